The number of likely N-dealkylation sites (N-methyl/N-ethyl adjacent to an activating group) is 1. The summed E-state index contributed by atoms with van der Waals surface area (Å²) in [5.41, 5.74) is -0.801. The van der Waals surface area contributed by atoms with Gasteiger partial charge in [-0.25, -0.2) is 8.42 Å². The molecule has 0 atom stereocenters. The number of anilines is 1. The second-order valence-electron chi connectivity index (χ2n) is 6.01. The van der Waals surface area contributed by atoms with Crippen LogP contribution in [0.4, 0.5) is 18.9 Å². The van der Waals surface area contributed by atoms with Crippen LogP contribution in [0.15, 0.2) is 47.4 Å². The lowest BCUT2D eigenvalue weighted by Crippen LogP contribution is -2.35. The Hall–Kier alpha value is -2.59. The fourth-order valence-electron chi connectivity index (χ4n) is 2.47. The van der Waals surface area contributed by atoms with Gasteiger partial charge in [-0.05, 0) is 36.8 Å². The summed E-state index contributed by atoms with van der Waals surface area (Å²) in [5.74, 6) is -0.810. The molecule has 2 aromatic rings. The maximum absolute atomic E-state index is 13.0. The van der Waals surface area contributed by atoms with E-state index in [9.17, 15) is 26.4 Å². The van der Waals surface area contributed by atoms with Crippen molar-refractivity contribution < 1.29 is 31.1 Å². The van der Waals surface area contributed by atoms with E-state index in [2.05, 4.69) is 5.32 Å². The summed E-state index contributed by atoms with van der Waals surface area (Å²) in [6, 6.07) is 8.99. The zero-order valence-electron chi connectivity index (χ0n) is 15.4. The first kappa shape index (κ1) is 21.7. The second-order valence-corrected chi connectivity index (χ2v) is 8.02. The Morgan fingerprint density at radius 1 is 1.18 bits per heavy atom. The minimum atomic E-state index is -4.66. The highest BCUT2D eigenvalue weighted by Crippen LogP contribution is 2.34. The van der Waals surface area contributed by atoms with E-state index >= 15 is 0 Å². The summed E-state index contributed by atoms with van der Waals surface area (Å²) >= 11 is 0. The van der Waals surface area contributed by atoms with Crippen LogP contribution >= 0.6 is 0 Å². The first-order valence-electron chi connectivity index (χ1n) is 8.04. The molecule has 10 heteroatoms. The molecule has 28 heavy (non-hydrogen) atoms. The molecule has 0 saturated heterocycles. The summed E-state index contributed by atoms with van der Waals surface area (Å²) in [7, 11) is -1.64. The number of sulfonamides is 1. The fraction of sp³-hybridized carbons (Fsp3) is 0.278. The number of carbonyl (C=O) groups excluding carboxylic acids is 1. The van der Waals surface area contributed by atoms with Crippen molar-refractivity contribution in [3.05, 3.63) is 53.6 Å². The predicted molar refractivity (Wildman–Crippen MR) is 97.6 cm³/mol. The molecule has 0 heterocycles. The number of nitrogens with zero attached hydrogens (tertiary/aromatic N) is 1. The lowest BCUT2D eigenvalue weighted by atomic mass is 10.1. The van der Waals surface area contributed by atoms with Crippen molar-refractivity contribution in [2.75, 3.05) is 26.0 Å². The van der Waals surface area contributed by atoms with E-state index < -0.39 is 39.9 Å². The van der Waals surface area contributed by atoms with Crippen LogP contribution < -0.4 is 10.1 Å². The molecule has 0 spiro atoms. The van der Waals surface area contributed by atoms with Gasteiger partial charge >= 0.3 is 6.18 Å². The van der Waals surface area contributed by atoms with Gasteiger partial charge in [0, 0.05) is 7.05 Å². The van der Waals surface area contributed by atoms with Gasteiger partial charge in [-0.15, -0.1) is 0 Å². The number of rotatable bonds is 6. The van der Waals surface area contributed by atoms with Gasteiger partial charge in [0.25, 0.3) is 0 Å². The van der Waals surface area contributed by atoms with E-state index in [0.717, 1.165) is 23.5 Å². The number of hydrogen-bond acceptors (Lipinski definition) is 4. The van der Waals surface area contributed by atoms with Crippen molar-refractivity contribution in [1.82, 2.24) is 4.31 Å². The van der Waals surface area contributed by atoms with Gasteiger partial charge in [-0.3, -0.25) is 4.79 Å². The Kier molecular flexibility index (Phi) is 6.35. The Labute approximate surface area is 161 Å². The average Bonchev–Trinajstić information content (AvgIpc) is 2.61. The first-order chi connectivity index (χ1) is 13.0. The summed E-state index contributed by atoms with van der Waals surface area (Å²) in [5, 5.41) is 2.12. The van der Waals surface area contributed by atoms with E-state index in [-0.39, 0.29) is 10.6 Å². The number of ether oxygens (including phenoxy) is 1. The van der Waals surface area contributed by atoms with Crippen molar-refractivity contribution in [2.24, 2.45) is 0 Å². The molecule has 0 bridgehead atoms. The smallest absolute Gasteiger partial charge is 0.418 e. The molecule has 0 radical (unpaired) electrons. The molecule has 2 rings (SSSR count). The highest BCUT2D eigenvalue weighted by molar-refractivity contribution is 7.89. The van der Waals surface area contributed by atoms with Gasteiger partial charge in [0.05, 0.1) is 24.9 Å². The van der Waals surface area contributed by atoms with Gasteiger partial charge in [-0.1, -0.05) is 18.2 Å². The first-order valence-corrected chi connectivity index (χ1v) is 9.48. The number of para-hydroxylation sites is 1. The number of methoxy groups -OCH3 is 1. The van der Waals surface area contributed by atoms with Crippen LogP contribution in [-0.2, 0) is 21.0 Å². The van der Waals surface area contributed by atoms with Crippen molar-refractivity contribution >= 4 is 21.6 Å². The van der Waals surface area contributed by atoms with Crippen LogP contribution in [0.1, 0.15) is 11.1 Å². The predicted octanol–water partition coefficient (Wildman–Crippen LogP) is 3.28. The standard InChI is InChI=1S/C18H19F3N2O4S/c1-12-8-9-15(27-3)16(10-12)28(25,26)23(2)11-17(24)22-14-7-5-4-6-13(14)18(19,20)21/h4-10H,11H2,1-3H3,(H,22,24). The molecule has 1 amide bonds. The molecule has 0 fully saturated rings. The van der Waals surface area contributed by atoms with E-state index in [1.54, 1.807) is 13.0 Å². The molecule has 0 aliphatic heterocycles. The third-order valence-corrected chi connectivity index (χ3v) is 5.70. The third kappa shape index (κ3) is 4.82. The Morgan fingerprint density at radius 2 is 1.82 bits per heavy atom. The lowest BCUT2D eigenvalue weighted by molar-refractivity contribution is -0.137. The molecule has 1 N–H and O–H groups in total. The van der Waals surface area contributed by atoms with Crippen LogP contribution in [0.3, 0.4) is 0 Å². The van der Waals surface area contributed by atoms with E-state index in [1.807, 2.05) is 0 Å². The van der Waals surface area contributed by atoms with E-state index in [0.29, 0.717) is 5.56 Å². The van der Waals surface area contributed by atoms with E-state index in [4.69, 9.17) is 4.74 Å². The molecule has 0 aliphatic carbocycles. The number of benzene rings is 2. The number of halogens is 3. The van der Waals surface area contributed by atoms with Crippen LogP contribution in [0.25, 0.3) is 0 Å². The topological polar surface area (TPSA) is 75.7 Å². The number of amides is 1. The summed E-state index contributed by atoms with van der Waals surface area (Å²) in [6.07, 6.45) is -4.66. The average molecular weight is 416 g/mol. The highest BCUT2D eigenvalue weighted by atomic mass is 32.2. The van der Waals surface area contributed by atoms with Crippen molar-refractivity contribution in [1.29, 1.82) is 0 Å². The Balaban J connectivity index is 2.23. The van der Waals surface area contributed by atoms with Gasteiger partial charge in [0.1, 0.15) is 10.6 Å². The Bertz CT molecular complexity index is 975. The number of alkyl halides is 3. The van der Waals surface area contributed by atoms with Crippen molar-refractivity contribution in [3.63, 3.8) is 0 Å². The van der Waals surface area contributed by atoms with Crippen LogP contribution in [0, 0.1) is 6.92 Å². The SMILES string of the molecule is COc1ccc(C)cc1S(=O)(=O)N(C)CC(=O)Nc1ccccc1C(F)(F)F. The van der Waals surface area contributed by atoms with Crippen LogP contribution in [0.5, 0.6) is 5.75 Å². The number of hydrogen-bond donors (Lipinski definition) is 1. The lowest BCUT2D eigenvalue weighted by Gasteiger charge is -2.19. The fourth-order valence-corrected chi connectivity index (χ4v) is 3.83. The normalized spacial score (nSPS) is 12.1. The third-order valence-electron chi connectivity index (χ3n) is 3.88. The van der Waals surface area contributed by atoms with Gasteiger partial charge in [-0.2, -0.15) is 17.5 Å². The van der Waals surface area contributed by atoms with Crippen molar-refractivity contribution in [3.8, 4) is 5.75 Å². The number of aryl methyl sites for hydroxylation is 1. The van der Waals surface area contributed by atoms with Gasteiger partial charge in [0.15, 0.2) is 0 Å². The van der Waals surface area contributed by atoms with Gasteiger partial charge < -0.3 is 10.1 Å². The van der Waals surface area contributed by atoms with Crippen molar-refractivity contribution in [2.45, 2.75) is 18.0 Å². The molecule has 0 aromatic heterocycles. The molecule has 152 valence electrons. The maximum atomic E-state index is 13.0. The summed E-state index contributed by atoms with van der Waals surface area (Å²) < 4.78 is 70.4. The molecule has 2 aromatic carbocycles. The summed E-state index contributed by atoms with van der Waals surface area (Å²) in [6.45, 7) is 1.02. The largest absolute Gasteiger partial charge is 0.495 e. The highest BCUT2D eigenvalue weighted by Gasteiger charge is 2.34. The molecule has 0 saturated carbocycles. The molecule has 0 unspecified atom stereocenters. The number of nitrogens with one attached hydrogen (secondary N) is 1. The number of carbonyl (C=O) groups is 1. The minimum absolute atomic E-state index is 0.0975. The minimum Gasteiger partial charge on any atom is -0.495 e. The monoisotopic (exact) mass is 416 g/mol. The van der Waals surface area contributed by atoms with Crippen LogP contribution in [-0.4, -0.2) is 39.3 Å². The van der Waals surface area contributed by atoms with Gasteiger partial charge in [0.2, 0.25) is 15.9 Å². The van der Waals surface area contributed by atoms with E-state index in [1.165, 1.54) is 31.4 Å². The molecule has 0 aliphatic rings. The Morgan fingerprint density at radius 3 is 2.43 bits per heavy atom. The maximum Gasteiger partial charge on any atom is 0.418 e. The quantitative estimate of drug-likeness (QED) is 0.784. The molecular weight excluding hydrogens is 397 g/mol. The zero-order chi connectivity index (χ0) is 21.1. The molecular formula is C18H19F3N2O4S. The van der Waals surface area contributed by atoms with Crippen LogP contribution in [0.2, 0.25) is 0 Å². The zero-order valence-corrected chi connectivity index (χ0v) is 16.2. The molecule has 6 nitrogen and oxygen atoms in total. The summed E-state index contributed by atoms with van der Waals surface area (Å²) in [4.78, 5) is 12.0. The second kappa shape index (κ2) is 8.19.